The number of aromatic nitrogens is 1. The lowest BCUT2D eigenvalue weighted by atomic mass is 10.0. The van der Waals surface area contributed by atoms with E-state index < -0.39 is 0 Å². The molecule has 0 saturated heterocycles. The Bertz CT molecular complexity index is 1060. The zero-order valence-corrected chi connectivity index (χ0v) is 15.8. The van der Waals surface area contributed by atoms with Gasteiger partial charge in [0.2, 0.25) is 0 Å². The average molecular weight is 385 g/mol. The Morgan fingerprint density at radius 1 is 0.897 bits per heavy atom. The predicted molar refractivity (Wildman–Crippen MR) is 110 cm³/mol. The lowest BCUT2D eigenvalue weighted by molar-refractivity contribution is -0.137. The van der Waals surface area contributed by atoms with E-state index in [0.717, 1.165) is 11.3 Å². The number of methoxy groups -OCH3 is 1. The van der Waals surface area contributed by atoms with E-state index in [2.05, 4.69) is 10.3 Å². The average Bonchev–Trinajstić information content (AvgIpc) is 2.99. The minimum absolute atomic E-state index is 0.180. The SMILES string of the molecule is COc1ccc(C2=C(Nc3ccccc3)C(=O)N(Cc3ccncc3)C2=O)cc1. The van der Waals surface area contributed by atoms with Crippen molar-refractivity contribution >= 4 is 23.1 Å². The molecule has 2 amide bonds. The lowest BCUT2D eigenvalue weighted by Gasteiger charge is -2.15. The third-order valence-electron chi connectivity index (χ3n) is 4.68. The molecular weight excluding hydrogens is 366 g/mol. The summed E-state index contributed by atoms with van der Waals surface area (Å²) in [6.45, 7) is 0.180. The van der Waals surface area contributed by atoms with Gasteiger partial charge in [-0.3, -0.25) is 19.5 Å². The van der Waals surface area contributed by atoms with Crippen LogP contribution in [-0.4, -0.2) is 28.8 Å². The number of pyridine rings is 1. The Morgan fingerprint density at radius 2 is 1.59 bits per heavy atom. The first-order valence-corrected chi connectivity index (χ1v) is 9.13. The van der Waals surface area contributed by atoms with Crippen LogP contribution in [0.15, 0.2) is 84.8 Å². The third kappa shape index (κ3) is 3.73. The van der Waals surface area contributed by atoms with Gasteiger partial charge in [-0.25, -0.2) is 0 Å². The summed E-state index contributed by atoms with van der Waals surface area (Å²) < 4.78 is 5.20. The Kier molecular flexibility index (Phi) is 5.07. The van der Waals surface area contributed by atoms with Crippen molar-refractivity contribution in [1.29, 1.82) is 0 Å². The number of carbonyl (C=O) groups excluding carboxylic acids is 2. The summed E-state index contributed by atoms with van der Waals surface area (Å²) >= 11 is 0. The highest BCUT2D eigenvalue weighted by Gasteiger charge is 2.39. The molecular formula is C23H19N3O3. The minimum atomic E-state index is -0.360. The topological polar surface area (TPSA) is 71.5 Å². The highest BCUT2D eigenvalue weighted by Crippen LogP contribution is 2.32. The van der Waals surface area contributed by atoms with Crippen LogP contribution >= 0.6 is 0 Å². The molecule has 6 heteroatoms. The van der Waals surface area contributed by atoms with Crippen molar-refractivity contribution in [1.82, 2.24) is 9.88 Å². The second-order valence-corrected chi connectivity index (χ2v) is 6.52. The molecule has 0 spiro atoms. The maximum Gasteiger partial charge on any atom is 0.278 e. The van der Waals surface area contributed by atoms with Crippen molar-refractivity contribution in [2.24, 2.45) is 0 Å². The van der Waals surface area contributed by atoms with Crippen LogP contribution in [0.5, 0.6) is 5.75 Å². The van der Waals surface area contributed by atoms with Gasteiger partial charge in [0.25, 0.3) is 11.8 Å². The highest BCUT2D eigenvalue weighted by molar-refractivity contribution is 6.36. The summed E-state index contributed by atoms with van der Waals surface area (Å²) in [4.78, 5) is 31.6. The molecule has 1 aliphatic heterocycles. The fourth-order valence-corrected chi connectivity index (χ4v) is 3.20. The van der Waals surface area contributed by atoms with Gasteiger partial charge in [0.15, 0.2) is 0 Å². The molecule has 29 heavy (non-hydrogen) atoms. The maximum atomic E-state index is 13.2. The molecule has 3 aromatic rings. The molecule has 6 nitrogen and oxygen atoms in total. The van der Waals surface area contributed by atoms with Gasteiger partial charge in [0.05, 0.1) is 19.2 Å². The number of nitrogens with one attached hydrogen (secondary N) is 1. The number of hydrogen-bond donors (Lipinski definition) is 1. The monoisotopic (exact) mass is 385 g/mol. The number of rotatable bonds is 6. The molecule has 1 N–H and O–H groups in total. The van der Waals surface area contributed by atoms with Gasteiger partial charge in [-0.1, -0.05) is 30.3 Å². The highest BCUT2D eigenvalue weighted by atomic mass is 16.5. The molecule has 2 aromatic carbocycles. The van der Waals surface area contributed by atoms with Crippen LogP contribution in [0.4, 0.5) is 5.69 Å². The van der Waals surface area contributed by atoms with E-state index in [9.17, 15) is 9.59 Å². The first-order chi connectivity index (χ1) is 14.2. The zero-order valence-electron chi connectivity index (χ0n) is 15.8. The van der Waals surface area contributed by atoms with Crippen LogP contribution in [0.25, 0.3) is 5.57 Å². The van der Waals surface area contributed by atoms with Crippen LogP contribution in [0.1, 0.15) is 11.1 Å². The normalized spacial score (nSPS) is 13.8. The number of anilines is 1. The number of nitrogens with zero attached hydrogens (tertiary/aromatic N) is 2. The summed E-state index contributed by atoms with van der Waals surface area (Å²) in [5.74, 6) is -0.0192. The van der Waals surface area contributed by atoms with Gasteiger partial charge in [0, 0.05) is 18.1 Å². The molecule has 0 saturated carbocycles. The van der Waals surface area contributed by atoms with Gasteiger partial charge in [-0.2, -0.15) is 0 Å². The Balaban J connectivity index is 1.73. The smallest absolute Gasteiger partial charge is 0.278 e. The summed E-state index contributed by atoms with van der Waals surface area (Å²) in [6.07, 6.45) is 3.28. The minimum Gasteiger partial charge on any atom is -0.497 e. The van der Waals surface area contributed by atoms with E-state index in [1.165, 1.54) is 4.90 Å². The Morgan fingerprint density at radius 3 is 2.24 bits per heavy atom. The molecule has 1 aromatic heterocycles. The van der Waals surface area contributed by atoms with E-state index in [-0.39, 0.29) is 24.1 Å². The van der Waals surface area contributed by atoms with Gasteiger partial charge in [0.1, 0.15) is 11.4 Å². The summed E-state index contributed by atoms with van der Waals surface area (Å²) in [7, 11) is 1.58. The number of hydrogen-bond acceptors (Lipinski definition) is 5. The van der Waals surface area contributed by atoms with Crippen LogP contribution in [0.3, 0.4) is 0 Å². The molecule has 0 fully saturated rings. The maximum absolute atomic E-state index is 13.2. The number of amides is 2. The first kappa shape index (κ1) is 18.4. The largest absolute Gasteiger partial charge is 0.497 e. The first-order valence-electron chi connectivity index (χ1n) is 9.13. The molecule has 2 heterocycles. The van der Waals surface area contributed by atoms with Crippen molar-refractivity contribution in [3.05, 3.63) is 95.9 Å². The lowest BCUT2D eigenvalue weighted by Crippen LogP contribution is -2.32. The van der Waals surface area contributed by atoms with E-state index in [1.807, 2.05) is 30.3 Å². The number of carbonyl (C=O) groups is 2. The molecule has 1 aliphatic rings. The molecule has 0 radical (unpaired) electrons. The van der Waals surface area contributed by atoms with Crippen molar-refractivity contribution in [2.75, 3.05) is 12.4 Å². The summed E-state index contributed by atoms with van der Waals surface area (Å²) in [6, 6.07) is 20.0. The predicted octanol–water partition coefficient (Wildman–Crippen LogP) is 3.48. The van der Waals surface area contributed by atoms with E-state index in [1.54, 1.807) is 55.9 Å². The van der Waals surface area contributed by atoms with Crippen LogP contribution in [-0.2, 0) is 16.1 Å². The fraction of sp³-hybridized carbons (Fsp3) is 0.0870. The molecule has 0 aliphatic carbocycles. The van der Waals surface area contributed by atoms with Crippen LogP contribution in [0.2, 0.25) is 0 Å². The number of ether oxygens (including phenoxy) is 1. The van der Waals surface area contributed by atoms with Gasteiger partial charge in [-0.15, -0.1) is 0 Å². The van der Waals surface area contributed by atoms with Gasteiger partial charge >= 0.3 is 0 Å². The van der Waals surface area contributed by atoms with Crippen molar-refractivity contribution in [3.8, 4) is 5.75 Å². The van der Waals surface area contributed by atoms with E-state index >= 15 is 0 Å². The summed E-state index contributed by atoms with van der Waals surface area (Å²) in [5.41, 5.74) is 2.83. The van der Waals surface area contributed by atoms with Crippen molar-refractivity contribution in [3.63, 3.8) is 0 Å². The zero-order chi connectivity index (χ0) is 20.2. The van der Waals surface area contributed by atoms with Crippen LogP contribution in [0, 0.1) is 0 Å². The number of imide groups is 1. The molecule has 0 unspecified atom stereocenters. The Hall–Kier alpha value is -3.93. The quantitative estimate of drug-likeness (QED) is 0.658. The molecule has 0 bridgehead atoms. The molecule has 144 valence electrons. The molecule has 0 atom stereocenters. The van der Waals surface area contributed by atoms with E-state index in [0.29, 0.717) is 16.9 Å². The summed E-state index contributed by atoms with van der Waals surface area (Å²) in [5, 5.41) is 3.14. The van der Waals surface area contributed by atoms with Crippen molar-refractivity contribution in [2.45, 2.75) is 6.54 Å². The van der Waals surface area contributed by atoms with E-state index in [4.69, 9.17) is 4.74 Å². The second kappa shape index (κ2) is 7.98. The Labute approximate surface area is 168 Å². The van der Waals surface area contributed by atoms with Crippen LogP contribution < -0.4 is 10.1 Å². The third-order valence-corrected chi connectivity index (χ3v) is 4.68. The van der Waals surface area contributed by atoms with Gasteiger partial charge in [-0.05, 0) is 47.5 Å². The van der Waals surface area contributed by atoms with Gasteiger partial charge < -0.3 is 10.1 Å². The second-order valence-electron chi connectivity index (χ2n) is 6.52. The molecule has 4 rings (SSSR count). The van der Waals surface area contributed by atoms with Crippen molar-refractivity contribution < 1.29 is 14.3 Å². The number of para-hydroxylation sites is 1. The number of benzene rings is 2. The fourth-order valence-electron chi connectivity index (χ4n) is 3.20. The standard InChI is InChI=1S/C23H19N3O3/c1-29-19-9-7-17(8-10-19)20-21(25-18-5-3-2-4-6-18)23(28)26(22(20)27)15-16-11-13-24-14-12-16/h2-14,25H,15H2,1H3.